The molecule has 2 saturated carbocycles. The third kappa shape index (κ3) is 2.68. The van der Waals surface area contributed by atoms with Gasteiger partial charge in [-0.25, -0.2) is 4.98 Å². The molecular weight excluding hydrogens is 231 g/mol. The minimum Gasteiger partial charge on any atom is -0.350 e. The summed E-state index contributed by atoms with van der Waals surface area (Å²) in [5.74, 6) is 1.36. The molecular formula is C14H17FN2O. The maximum absolute atomic E-state index is 12.9. The zero-order valence-electron chi connectivity index (χ0n) is 10.2. The number of carbonyl (C=O) groups is 1. The van der Waals surface area contributed by atoms with Gasteiger partial charge in [-0.05, 0) is 55.6 Å². The lowest BCUT2D eigenvalue weighted by atomic mass is 9.98. The van der Waals surface area contributed by atoms with Gasteiger partial charge < -0.3 is 5.32 Å². The summed E-state index contributed by atoms with van der Waals surface area (Å²) < 4.78 is 12.9. The normalized spacial score (nSPS) is 19.0. The number of nitrogens with one attached hydrogen (secondary N) is 1. The van der Waals surface area contributed by atoms with Gasteiger partial charge in [0.15, 0.2) is 0 Å². The van der Waals surface area contributed by atoms with Gasteiger partial charge in [0.05, 0.1) is 0 Å². The summed E-state index contributed by atoms with van der Waals surface area (Å²) in [5.41, 5.74) is 0.167. The van der Waals surface area contributed by atoms with Gasteiger partial charge in [0.2, 0.25) is 5.95 Å². The maximum Gasteiger partial charge on any atom is 0.270 e. The van der Waals surface area contributed by atoms with Crippen molar-refractivity contribution < 1.29 is 9.18 Å². The second-order valence-electron chi connectivity index (χ2n) is 5.39. The van der Waals surface area contributed by atoms with Gasteiger partial charge in [-0.3, -0.25) is 4.79 Å². The van der Waals surface area contributed by atoms with Gasteiger partial charge in [-0.1, -0.05) is 6.07 Å². The summed E-state index contributed by atoms with van der Waals surface area (Å²) in [6, 6.07) is 4.30. The third-order valence-electron chi connectivity index (χ3n) is 3.90. The highest BCUT2D eigenvalue weighted by atomic mass is 19.1. The molecule has 3 nitrogen and oxygen atoms in total. The average molecular weight is 248 g/mol. The number of rotatable bonds is 5. The van der Waals surface area contributed by atoms with Crippen LogP contribution in [0.25, 0.3) is 0 Å². The van der Waals surface area contributed by atoms with Gasteiger partial charge >= 0.3 is 0 Å². The predicted octanol–water partition coefficient (Wildman–Crippen LogP) is 2.39. The Morgan fingerprint density at radius 2 is 2.00 bits per heavy atom. The fraction of sp³-hybridized carbons (Fsp3) is 0.571. The van der Waals surface area contributed by atoms with E-state index in [4.69, 9.17) is 0 Å². The highest BCUT2D eigenvalue weighted by molar-refractivity contribution is 5.92. The molecule has 2 fully saturated rings. The lowest BCUT2D eigenvalue weighted by Gasteiger charge is -2.15. The number of carbonyl (C=O) groups excluding carboxylic acids is 1. The molecule has 0 spiro atoms. The van der Waals surface area contributed by atoms with E-state index in [2.05, 4.69) is 10.3 Å². The molecule has 0 unspecified atom stereocenters. The van der Waals surface area contributed by atoms with Gasteiger partial charge in [0.25, 0.3) is 5.91 Å². The van der Waals surface area contributed by atoms with Crippen molar-refractivity contribution in [3.05, 3.63) is 29.8 Å². The van der Waals surface area contributed by atoms with E-state index in [0.717, 1.165) is 11.8 Å². The molecule has 0 atom stereocenters. The first-order valence-corrected chi connectivity index (χ1v) is 6.65. The van der Waals surface area contributed by atoms with Crippen LogP contribution in [0.3, 0.4) is 0 Å². The molecule has 0 bridgehead atoms. The number of amides is 1. The summed E-state index contributed by atoms with van der Waals surface area (Å²) in [6.45, 7) is 0.715. The number of hydrogen-bond acceptors (Lipinski definition) is 2. The molecule has 1 amide bonds. The molecule has 0 saturated heterocycles. The Hall–Kier alpha value is -1.45. The second-order valence-corrected chi connectivity index (χ2v) is 5.39. The van der Waals surface area contributed by atoms with Crippen LogP contribution in [0, 0.1) is 23.7 Å². The molecule has 96 valence electrons. The highest BCUT2D eigenvalue weighted by Gasteiger charge is 2.41. The molecule has 1 aromatic heterocycles. The first-order chi connectivity index (χ1) is 8.74. The van der Waals surface area contributed by atoms with Gasteiger partial charge in [-0.2, -0.15) is 4.39 Å². The number of nitrogens with zero attached hydrogens (tertiary/aromatic N) is 1. The van der Waals surface area contributed by atoms with Crippen molar-refractivity contribution in [2.24, 2.45) is 17.8 Å². The summed E-state index contributed by atoms with van der Waals surface area (Å²) in [6.07, 6.45) is 5.20. The Morgan fingerprint density at radius 3 is 2.56 bits per heavy atom. The van der Waals surface area contributed by atoms with Crippen LogP contribution in [-0.2, 0) is 0 Å². The predicted molar refractivity (Wildman–Crippen MR) is 65.5 cm³/mol. The Balaban J connectivity index is 1.57. The summed E-state index contributed by atoms with van der Waals surface area (Å²) in [4.78, 5) is 15.4. The van der Waals surface area contributed by atoms with E-state index in [-0.39, 0.29) is 11.6 Å². The first kappa shape index (κ1) is 11.6. The minimum atomic E-state index is -0.608. The third-order valence-corrected chi connectivity index (χ3v) is 3.90. The Kier molecular flexibility index (Phi) is 3.02. The molecule has 1 N–H and O–H groups in total. The molecule has 3 rings (SSSR count). The molecule has 2 aliphatic carbocycles. The molecule has 1 heterocycles. The van der Waals surface area contributed by atoms with Crippen molar-refractivity contribution in [1.82, 2.24) is 10.3 Å². The van der Waals surface area contributed by atoms with Crippen molar-refractivity contribution in [3.63, 3.8) is 0 Å². The van der Waals surface area contributed by atoms with E-state index < -0.39 is 5.95 Å². The van der Waals surface area contributed by atoms with E-state index >= 15 is 0 Å². The largest absolute Gasteiger partial charge is 0.350 e. The van der Waals surface area contributed by atoms with Crippen molar-refractivity contribution in [3.8, 4) is 0 Å². The smallest absolute Gasteiger partial charge is 0.270 e. The minimum absolute atomic E-state index is 0.167. The summed E-state index contributed by atoms with van der Waals surface area (Å²) in [5, 5.41) is 2.90. The van der Waals surface area contributed by atoms with Crippen LogP contribution < -0.4 is 5.32 Å². The zero-order valence-corrected chi connectivity index (χ0v) is 10.2. The van der Waals surface area contributed by atoms with Crippen LogP contribution in [0.4, 0.5) is 4.39 Å². The van der Waals surface area contributed by atoms with E-state index in [1.807, 2.05) is 0 Å². The van der Waals surface area contributed by atoms with Crippen LogP contribution >= 0.6 is 0 Å². The van der Waals surface area contributed by atoms with Crippen LogP contribution in [0.15, 0.2) is 18.2 Å². The van der Waals surface area contributed by atoms with E-state index in [1.165, 1.54) is 37.8 Å². The van der Waals surface area contributed by atoms with E-state index in [1.54, 1.807) is 6.07 Å². The topological polar surface area (TPSA) is 42.0 Å². The molecule has 0 radical (unpaired) electrons. The number of hydrogen-bond donors (Lipinski definition) is 1. The van der Waals surface area contributed by atoms with Crippen molar-refractivity contribution in [2.75, 3.05) is 6.54 Å². The first-order valence-electron chi connectivity index (χ1n) is 6.65. The molecule has 1 aromatic rings. The fourth-order valence-electron chi connectivity index (χ4n) is 2.60. The number of aromatic nitrogens is 1. The maximum atomic E-state index is 12.9. The van der Waals surface area contributed by atoms with Crippen molar-refractivity contribution in [2.45, 2.75) is 25.7 Å². The van der Waals surface area contributed by atoms with Crippen LogP contribution in [0.2, 0.25) is 0 Å². The van der Waals surface area contributed by atoms with Gasteiger partial charge in [0, 0.05) is 6.54 Å². The molecule has 0 aromatic carbocycles. The van der Waals surface area contributed by atoms with Crippen LogP contribution in [0.1, 0.15) is 36.2 Å². The molecule has 2 aliphatic rings. The Bertz CT molecular complexity index is 443. The summed E-state index contributed by atoms with van der Waals surface area (Å²) in [7, 11) is 0. The SMILES string of the molecule is O=C(NCC(C1CC1)C1CC1)c1cccc(F)n1. The van der Waals surface area contributed by atoms with Crippen LogP contribution in [-0.4, -0.2) is 17.4 Å². The molecule has 4 heteroatoms. The Morgan fingerprint density at radius 1 is 1.33 bits per heavy atom. The Labute approximate surface area is 106 Å². The van der Waals surface area contributed by atoms with Crippen molar-refractivity contribution in [1.29, 1.82) is 0 Å². The fourth-order valence-corrected chi connectivity index (χ4v) is 2.60. The van der Waals surface area contributed by atoms with Gasteiger partial charge in [0.1, 0.15) is 5.69 Å². The van der Waals surface area contributed by atoms with E-state index in [0.29, 0.717) is 12.5 Å². The second kappa shape index (κ2) is 4.67. The monoisotopic (exact) mass is 248 g/mol. The zero-order chi connectivity index (χ0) is 12.5. The quantitative estimate of drug-likeness (QED) is 0.813. The number of halogens is 1. The van der Waals surface area contributed by atoms with Crippen LogP contribution in [0.5, 0.6) is 0 Å². The van der Waals surface area contributed by atoms with Crippen molar-refractivity contribution >= 4 is 5.91 Å². The lowest BCUT2D eigenvalue weighted by Crippen LogP contribution is -2.31. The highest BCUT2D eigenvalue weighted by Crippen LogP contribution is 2.48. The standard InChI is InChI=1S/C14H17FN2O/c15-13-3-1-2-12(17-13)14(18)16-8-11(9-4-5-9)10-6-7-10/h1-3,9-11H,4-8H2,(H,16,18). The molecule has 0 aliphatic heterocycles. The molecule has 18 heavy (non-hydrogen) atoms. The average Bonchev–Trinajstić information content (AvgIpc) is 3.23. The number of pyridine rings is 1. The van der Waals surface area contributed by atoms with Gasteiger partial charge in [-0.15, -0.1) is 0 Å². The summed E-state index contributed by atoms with van der Waals surface area (Å²) >= 11 is 0. The lowest BCUT2D eigenvalue weighted by molar-refractivity contribution is 0.0937. The van der Waals surface area contributed by atoms with E-state index in [9.17, 15) is 9.18 Å².